The Kier molecular flexibility index (Phi) is 4.04. The minimum Gasteiger partial charge on any atom is -0.494 e. The van der Waals surface area contributed by atoms with Gasteiger partial charge in [0.25, 0.3) is 0 Å². The number of benzene rings is 1. The van der Waals surface area contributed by atoms with Crippen molar-refractivity contribution in [2.75, 3.05) is 6.61 Å². The van der Waals surface area contributed by atoms with E-state index in [0.717, 1.165) is 11.3 Å². The van der Waals surface area contributed by atoms with Gasteiger partial charge in [0.05, 0.1) is 6.61 Å². The van der Waals surface area contributed by atoms with E-state index in [2.05, 4.69) is 0 Å². The molecule has 0 bridgehead atoms. The first kappa shape index (κ1) is 13.4. The molecule has 0 unspecified atom stereocenters. The third-order valence-electron chi connectivity index (χ3n) is 3.20. The minimum absolute atomic E-state index is 0.0960. The average Bonchev–Trinajstić information content (AvgIpc) is 2.74. The van der Waals surface area contributed by atoms with Gasteiger partial charge < -0.3 is 14.7 Å². The second-order valence-electron chi connectivity index (χ2n) is 4.49. The molecule has 102 valence electrons. The lowest BCUT2D eigenvalue weighted by Crippen LogP contribution is -2.37. The van der Waals surface area contributed by atoms with E-state index in [0.29, 0.717) is 26.0 Å². The molecule has 5 heteroatoms. The van der Waals surface area contributed by atoms with Crippen LogP contribution in [0.25, 0.3) is 0 Å². The zero-order chi connectivity index (χ0) is 13.8. The lowest BCUT2D eigenvalue weighted by Gasteiger charge is -2.21. The molecule has 0 radical (unpaired) electrons. The fourth-order valence-corrected chi connectivity index (χ4v) is 2.24. The summed E-state index contributed by atoms with van der Waals surface area (Å²) in [5, 5.41) is 9.08. The SMILES string of the molecule is CCOc1ccc(CN2C(=O)CC[C@@H]2C(=O)O)cc1. The molecule has 5 nitrogen and oxygen atoms in total. The number of likely N-dealkylation sites (tertiary alicyclic amines) is 1. The highest BCUT2D eigenvalue weighted by Gasteiger charge is 2.35. The molecule has 1 N–H and O–H groups in total. The van der Waals surface area contributed by atoms with Gasteiger partial charge in [-0.2, -0.15) is 0 Å². The molecule has 0 aliphatic carbocycles. The number of carboxylic acid groups (broad SMARTS) is 1. The average molecular weight is 263 g/mol. The molecule has 1 aromatic carbocycles. The molecule has 1 aliphatic rings. The van der Waals surface area contributed by atoms with E-state index in [9.17, 15) is 9.59 Å². The first-order valence-electron chi connectivity index (χ1n) is 6.36. The summed E-state index contributed by atoms with van der Waals surface area (Å²) in [5.41, 5.74) is 0.907. The van der Waals surface area contributed by atoms with Crippen LogP contribution in [-0.4, -0.2) is 34.5 Å². The largest absolute Gasteiger partial charge is 0.494 e. The summed E-state index contributed by atoms with van der Waals surface area (Å²) in [6.07, 6.45) is 0.708. The lowest BCUT2D eigenvalue weighted by molar-refractivity contribution is -0.146. The molecule has 1 saturated heterocycles. The van der Waals surface area contributed by atoms with Crippen LogP contribution in [0.3, 0.4) is 0 Å². The van der Waals surface area contributed by atoms with E-state index in [4.69, 9.17) is 9.84 Å². The Morgan fingerprint density at radius 1 is 1.42 bits per heavy atom. The topological polar surface area (TPSA) is 66.8 Å². The second-order valence-corrected chi connectivity index (χ2v) is 4.49. The molecule has 1 fully saturated rings. The van der Waals surface area contributed by atoms with Crippen molar-refractivity contribution >= 4 is 11.9 Å². The fraction of sp³-hybridized carbons (Fsp3) is 0.429. The van der Waals surface area contributed by atoms with Crippen molar-refractivity contribution in [3.8, 4) is 5.75 Å². The van der Waals surface area contributed by atoms with E-state index in [-0.39, 0.29) is 5.91 Å². The summed E-state index contributed by atoms with van der Waals surface area (Å²) in [4.78, 5) is 24.2. The molecular weight excluding hydrogens is 246 g/mol. The van der Waals surface area contributed by atoms with Crippen LogP contribution < -0.4 is 4.74 Å². The third-order valence-corrected chi connectivity index (χ3v) is 3.20. The van der Waals surface area contributed by atoms with Gasteiger partial charge in [-0.25, -0.2) is 4.79 Å². The van der Waals surface area contributed by atoms with Crippen molar-refractivity contribution < 1.29 is 19.4 Å². The normalized spacial score (nSPS) is 18.7. The number of rotatable bonds is 5. The van der Waals surface area contributed by atoms with Crippen LogP contribution in [0, 0.1) is 0 Å². The molecule has 19 heavy (non-hydrogen) atoms. The predicted molar refractivity (Wildman–Crippen MR) is 68.8 cm³/mol. The summed E-state index contributed by atoms with van der Waals surface area (Å²) < 4.78 is 5.34. The molecule has 2 rings (SSSR count). The van der Waals surface area contributed by atoms with Gasteiger partial charge in [0.2, 0.25) is 5.91 Å². The first-order chi connectivity index (χ1) is 9.11. The first-order valence-corrected chi connectivity index (χ1v) is 6.36. The number of carbonyl (C=O) groups is 2. The van der Waals surface area contributed by atoms with Crippen LogP contribution in [0.1, 0.15) is 25.3 Å². The van der Waals surface area contributed by atoms with E-state index < -0.39 is 12.0 Å². The zero-order valence-electron chi connectivity index (χ0n) is 10.8. The number of hydrogen-bond acceptors (Lipinski definition) is 3. The predicted octanol–water partition coefficient (Wildman–Crippen LogP) is 1.66. The number of hydrogen-bond donors (Lipinski definition) is 1. The Morgan fingerprint density at radius 2 is 2.11 bits per heavy atom. The van der Waals surface area contributed by atoms with Crippen LogP contribution in [0.2, 0.25) is 0 Å². The Balaban J connectivity index is 2.06. The molecule has 1 atom stereocenters. The summed E-state index contributed by atoms with van der Waals surface area (Å²) in [7, 11) is 0. The van der Waals surface area contributed by atoms with E-state index in [1.165, 1.54) is 4.90 Å². The van der Waals surface area contributed by atoms with Gasteiger partial charge in [0.15, 0.2) is 0 Å². The highest BCUT2D eigenvalue weighted by molar-refractivity contribution is 5.87. The van der Waals surface area contributed by atoms with E-state index in [1.54, 1.807) is 0 Å². The van der Waals surface area contributed by atoms with Crippen LogP contribution in [0.4, 0.5) is 0 Å². The van der Waals surface area contributed by atoms with Crippen molar-refractivity contribution in [2.45, 2.75) is 32.4 Å². The molecule has 1 heterocycles. The highest BCUT2D eigenvalue weighted by atomic mass is 16.5. The second kappa shape index (κ2) is 5.73. The summed E-state index contributed by atoms with van der Waals surface area (Å²) in [6.45, 7) is 2.85. The quantitative estimate of drug-likeness (QED) is 0.877. The monoisotopic (exact) mass is 263 g/mol. The smallest absolute Gasteiger partial charge is 0.326 e. The van der Waals surface area contributed by atoms with E-state index >= 15 is 0 Å². The molecule has 1 aromatic rings. The van der Waals surface area contributed by atoms with Gasteiger partial charge in [-0.05, 0) is 31.0 Å². The van der Waals surface area contributed by atoms with Crippen LogP contribution in [-0.2, 0) is 16.1 Å². The van der Waals surface area contributed by atoms with Crippen LogP contribution in [0.15, 0.2) is 24.3 Å². The summed E-state index contributed by atoms with van der Waals surface area (Å²) in [6, 6.07) is 6.68. The Hall–Kier alpha value is -2.04. The van der Waals surface area contributed by atoms with Crippen LogP contribution in [0.5, 0.6) is 5.75 Å². The Morgan fingerprint density at radius 3 is 2.68 bits per heavy atom. The number of ether oxygens (including phenoxy) is 1. The van der Waals surface area contributed by atoms with Gasteiger partial charge in [-0.3, -0.25) is 4.79 Å². The van der Waals surface area contributed by atoms with Crippen molar-refractivity contribution in [1.82, 2.24) is 4.90 Å². The van der Waals surface area contributed by atoms with Crippen molar-refractivity contribution in [2.24, 2.45) is 0 Å². The maximum Gasteiger partial charge on any atom is 0.326 e. The van der Waals surface area contributed by atoms with Crippen molar-refractivity contribution in [1.29, 1.82) is 0 Å². The molecular formula is C14H17NO4. The van der Waals surface area contributed by atoms with Crippen molar-refractivity contribution in [3.63, 3.8) is 0 Å². The van der Waals surface area contributed by atoms with Gasteiger partial charge in [0, 0.05) is 13.0 Å². The maximum atomic E-state index is 11.7. The fourth-order valence-electron chi connectivity index (χ4n) is 2.24. The highest BCUT2D eigenvalue weighted by Crippen LogP contribution is 2.22. The minimum atomic E-state index is -0.934. The van der Waals surface area contributed by atoms with Gasteiger partial charge in [-0.15, -0.1) is 0 Å². The van der Waals surface area contributed by atoms with Crippen LogP contribution >= 0.6 is 0 Å². The maximum absolute atomic E-state index is 11.7. The molecule has 1 aliphatic heterocycles. The molecule has 0 spiro atoms. The third kappa shape index (κ3) is 3.05. The Bertz CT molecular complexity index is 469. The molecule has 1 amide bonds. The Labute approximate surface area is 111 Å². The number of carbonyl (C=O) groups excluding carboxylic acids is 1. The molecule has 0 aromatic heterocycles. The van der Waals surface area contributed by atoms with Gasteiger partial charge in [0.1, 0.15) is 11.8 Å². The van der Waals surface area contributed by atoms with Gasteiger partial charge >= 0.3 is 5.97 Å². The van der Waals surface area contributed by atoms with Gasteiger partial charge in [-0.1, -0.05) is 12.1 Å². The number of carboxylic acids is 1. The number of amides is 1. The van der Waals surface area contributed by atoms with Crippen molar-refractivity contribution in [3.05, 3.63) is 29.8 Å². The lowest BCUT2D eigenvalue weighted by atomic mass is 10.2. The van der Waals surface area contributed by atoms with E-state index in [1.807, 2.05) is 31.2 Å². The molecule has 0 saturated carbocycles. The standard InChI is InChI=1S/C14H17NO4/c1-2-19-11-5-3-10(4-6-11)9-15-12(14(17)18)7-8-13(15)16/h3-6,12H,2,7-9H2,1H3,(H,17,18)/t12-/m1/s1. The number of aliphatic carboxylic acids is 1. The number of nitrogens with zero attached hydrogens (tertiary/aromatic N) is 1. The summed E-state index contributed by atoms with van der Waals surface area (Å²) in [5.74, 6) is -0.258. The zero-order valence-corrected chi connectivity index (χ0v) is 10.8. The summed E-state index contributed by atoms with van der Waals surface area (Å²) >= 11 is 0.